The fourth-order valence-electron chi connectivity index (χ4n) is 4.51. The Morgan fingerprint density at radius 2 is 1.78 bits per heavy atom. The van der Waals surface area contributed by atoms with Crippen LogP contribution in [0.3, 0.4) is 0 Å². The van der Waals surface area contributed by atoms with E-state index in [1.807, 2.05) is 49.8 Å². The van der Waals surface area contributed by atoms with E-state index >= 15 is 0 Å². The number of aromatic nitrogens is 3. The summed E-state index contributed by atoms with van der Waals surface area (Å²) in [4.78, 5) is 24.0. The Kier molecular flexibility index (Phi) is 8.84. The van der Waals surface area contributed by atoms with Crippen LogP contribution in [0.5, 0.6) is 0 Å². The van der Waals surface area contributed by atoms with Crippen LogP contribution in [-0.4, -0.2) is 52.2 Å². The molecule has 0 bridgehead atoms. The van der Waals surface area contributed by atoms with E-state index in [1.165, 1.54) is 37.1 Å². The summed E-state index contributed by atoms with van der Waals surface area (Å²) in [5.41, 5.74) is 7.81. The van der Waals surface area contributed by atoms with E-state index in [-0.39, 0.29) is 5.78 Å². The average molecular weight is 494 g/mol. The zero-order valence-corrected chi connectivity index (χ0v) is 22.2. The zero-order chi connectivity index (χ0) is 26.2. The minimum Gasteiger partial charge on any atom is -0.323 e. The number of likely N-dealkylation sites (tertiary alicyclic amines) is 1. The summed E-state index contributed by atoms with van der Waals surface area (Å²) in [6.45, 7) is 7.54. The van der Waals surface area contributed by atoms with E-state index in [4.69, 9.17) is 0 Å². The van der Waals surface area contributed by atoms with Crippen molar-refractivity contribution in [2.24, 2.45) is 0 Å². The molecule has 37 heavy (non-hydrogen) atoms. The molecule has 4 aromatic rings. The van der Waals surface area contributed by atoms with Gasteiger partial charge in [-0.2, -0.15) is 0 Å². The second kappa shape index (κ2) is 12.4. The van der Waals surface area contributed by atoms with Gasteiger partial charge in [0.05, 0.1) is 12.4 Å². The molecule has 1 aliphatic heterocycles. The predicted octanol–water partition coefficient (Wildman–Crippen LogP) is 4.60. The number of hydrogen-bond acceptors (Lipinski definition) is 5. The SMILES string of the molecule is CNC.Cc1ccc(C(=O)Cc2ccc(CN3CCCC3)c(C)c2)cc1C#Cc1cnc2cnccn12. The maximum Gasteiger partial charge on any atom is 0.167 e. The summed E-state index contributed by atoms with van der Waals surface area (Å²) in [5, 5.41) is 2.75. The smallest absolute Gasteiger partial charge is 0.167 e. The molecule has 1 aliphatic rings. The van der Waals surface area contributed by atoms with Gasteiger partial charge in [-0.05, 0) is 88.1 Å². The minimum absolute atomic E-state index is 0.107. The van der Waals surface area contributed by atoms with Gasteiger partial charge in [-0.3, -0.25) is 19.1 Å². The summed E-state index contributed by atoms with van der Waals surface area (Å²) < 4.78 is 1.90. The molecule has 190 valence electrons. The Balaban J connectivity index is 0.00000102. The number of nitrogens with one attached hydrogen (secondary N) is 1. The van der Waals surface area contributed by atoms with Crippen molar-refractivity contribution in [1.82, 2.24) is 24.6 Å². The maximum atomic E-state index is 13.1. The van der Waals surface area contributed by atoms with E-state index in [9.17, 15) is 4.79 Å². The largest absolute Gasteiger partial charge is 0.323 e. The first-order valence-electron chi connectivity index (χ1n) is 12.8. The number of benzene rings is 2. The van der Waals surface area contributed by atoms with Crippen LogP contribution >= 0.6 is 0 Å². The van der Waals surface area contributed by atoms with Crippen molar-refractivity contribution in [3.05, 3.63) is 100 Å². The number of imidazole rings is 1. The quantitative estimate of drug-likeness (QED) is 0.325. The molecule has 0 atom stereocenters. The maximum absolute atomic E-state index is 13.1. The predicted molar refractivity (Wildman–Crippen MR) is 149 cm³/mol. The Morgan fingerprint density at radius 1 is 1.00 bits per heavy atom. The summed E-state index contributed by atoms with van der Waals surface area (Å²) in [6, 6.07) is 12.2. The Bertz CT molecular complexity index is 1440. The van der Waals surface area contributed by atoms with Crippen LogP contribution < -0.4 is 5.32 Å². The first-order valence-corrected chi connectivity index (χ1v) is 12.8. The molecule has 0 unspecified atom stereocenters. The highest BCUT2D eigenvalue weighted by atomic mass is 16.1. The number of rotatable bonds is 5. The molecule has 1 saturated heterocycles. The number of carbonyl (C=O) groups is 1. The lowest BCUT2D eigenvalue weighted by Crippen LogP contribution is -2.19. The fraction of sp³-hybridized carbons (Fsp3) is 0.323. The van der Waals surface area contributed by atoms with Gasteiger partial charge in [0.25, 0.3) is 0 Å². The van der Waals surface area contributed by atoms with Crippen LogP contribution in [0, 0.1) is 25.7 Å². The number of Topliss-reactive ketones (excluding diaryl/α,β-unsaturated/α-hetero) is 1. The molecule has 0 amide bonds. The highest BCUT2D eigenvalue weighted by molar-refractivity contribution is 5.98. The topological polar surface area (TPSA) is 62.5 Å². The third-order valence-electron chi connectivity index (χ3n) is 6.57. The molecule has 1 fully saturated rings. The minimum atomic E-state index is 0.107. The summed E-state index contributed by atoms with van der Waals surface area (Å²) in [6.07, 6.45) is 9.99. The van der Waals surface area contributed by atoms with E-state index in [0.29, 0.717) is 12.0 Å². The van der Waals surface area contributed by atoms with Crippen LogP contribution in [0.15, 0.2) is 61.2 Å². The van der Waals surface area contributed by atoms with Crippen LogP contribution in [0.4, 0.5) is 0 Å². The fourth-order valence-corrected chi connectivity index (χ4v) is 4.51. The lowest BCUT2D eigenvalue weighted by Gasteiger charge is -2.17. The van der Waals surface area contributed by atoms with E-state index in [0.717, 1.165) is 34.6 Å². The lowest BCUT2D eigenvalue weighted by atomic mass is 9.97. The molecule has 2 aromatic carbocycles. The molecule has 6 nitrogen and oxygen atoms in total. The van der Waals surface area contributed by atoms with Gasteiger partial charge in [-0.1, -0.05) is 36.3 Å². The number of carbonyl (C=O) groups excluding carboxylic acids is 1. The molecule has 6 heteroatoms. The van der Waals surface area contributed by atoms with Gasteiger partial charge in [0.1, 0.15) is 5.69 Å². The number of aryl methyl sites for hydroxylation is 2. The molecule has 0 spiro atoms. The third kappa shape index (κ3) is 6.71. The average Bonchev–Trinajstić information content (AvgIpc) is 3.56. The second-order valence-electron chi connectivity index (χ2n) is 9.57. The van der Waals surface area contributed by atoms with Gasteiger partial charge < -0.3 is 5.32 Å². The molecule has 0 saturated carbocycles. The van der Waals surface area contributed by atoms with Gasteiger partial charge in [0.2, 0.25) is 0 Å². The van der Waals surface area contributed by atoms with Crippen LogP contribution in [0.25, 0.3) is 5.65 Å². The molecule has 0 aliphatic carbocycles. The summed E-state index contributed by atoms with van der Waals surface area (Å²) in [5.74, 6) is 6.53. The van der Waals surface area contributed by atoms with Crippen molar-refractivity contribution in [1.29, 1.82) is 0 Å². The van der Waals surface area contributed by atoms with Crippen molar-refractivity contribution in [2.75, 3.05) is 27.2 Å². The monoisotopic (exact) mass is 493 g/mol. The van der Waals surface area contributed by atoms with Gasteiger partial charge in [0.15, 0.2) is 11.4 Å². The third-order valence-corrected chi connectivity index (χ3v) is 6.57. The van der Waals surface area contributed by atoms with E-state index < -0.39 is 0 Å². The molecule has 2 aromatic heterocycles. The highest BCUT2D eigenvalue weighted by Gasteiger charge is 2.14. The number of nitrogens with zero attached hydrogens (tertiary/aromatic N) is 4. The van der Waals surface area contributed by atoms with Crippen LogP contribution in [-0.2, 0) is 13.0 Å². The first-order chi connectivity index (χ1) is 18.0. The van der Waals surface area contributed by atoms with E-state index in [1.54, 1.807) is 18.6 Å². The zero-order valence-electron chi connectivity index (χ0n) is 22.2. The second-order valence-corrected chi connectivity index (χ2v) is 9.57. The summed E-state index contributed by atoms with van der Waals surface area (Å²) >= 11 is 0. The van der Waals surface area contributed by atoms with E-state index in [2.05, 4.69) is 57.1 Å². The van der Waals surface area contributed by atoms with Crippen LogP contribution in [0.1, 0.15) is 56.7 Å². The number of hydrogen-bond donors (Lipinski definition) is 1. The Hall–Kier alpha value is -3.79. The van der Waals surface area contributed by atoms with Crippen molar-refractivity contribution in [3.8, 4) is 11.8 Å². The molecular formula is C31H35N5O. The van der Waals surface area contributed by atoms with Crippen molar-refractivity contribution in [3.63, 3.8) is 0 Å². The van der Waals surface area contributed by atoms with Gasteiger partial charge >= 0.3 is 0 Å². The Morgan fingerprint density at radius 3 is 2.54 bits per heavy atom. The standard InChI is InChI=1S/C29H28N4O.C2H7N/c1-21-5-7-25(17-24(21)9-10-27-18-31-29-19-30-11-14-33(27)29)28(34)16-23-6-8-26(22(2)15-23)20-32-12-3-4-13-32;1-3-2/h5-8,11,14-15,17-19H,3-4,12-13,16,20H2,1-2H3;3H,1-2H3. The van der Waals surface area contributed by atoms with Gasteiger partial charge in [0, 0.05) is 36.5 Å². The summed E-state index contributed by atoms with van der Waals surface area (Å²) in [7, 11) is 3.75. The molecular weight excluding hydrogens is 458 g/mol. The van der Waals surface area contributed by atoms with Crippen molar-refractivity contribution in [2.45, 2.75) is 39.7 Å². The van der Waals surface area contributed by atoms with Gasteiger partial charge in [-0.15, -0.1) is 0 Å². The number of ketones is 1. The Labute approximate surface area is 219 Å². The normalized spacial score (nSPS) is 13.1. The molecule has 1 N–H and O–H groups in total. The molecule has 5 rings (SSSR count). The van der Waals surface area contributed by atoms with Gasteiger partial charge in [-0.25, -0.2) is 4.98 Å². The molecule has 3 heterocycles. The van der Waals surface area contributed by atoms with Crippen LogP contribution in [0.2, 0.25) is 0 Å². The highest BCUT2D eigenvalue weighted by Crippen LogP contribution is 2.19. The lowest BCUT2D eigenvalue weighted by molar-refractivity contribution is 0.0993. The van der Waals surface area contributed by atoms with Crippen molar-refractivity contribution >= 4 is 11.4 Å². The number of fused-ring (bicyclic) bond motifs is 1. The first kappa shape index (κ1) is 26.3. The van der Waals surface area contributed by atoms with Crippen molar-refractivity contribution < 1.29 is 4.79 Å². The molecule has 0 radical (unpaired) electrons.